The molecule has 0 amide bonds. The second-order valence-corrected chi connectivity index (χ2v) is 16.7. The number of carboxylic acids is 1. The predicted molar refractivity (Wildman–Crippen MR) is 148 cm³/mol. The number of aliphatic carboxylic acids is 1. The van der Waals surface area contributed by atoms with Gasteiger partial charge in [-0.15, -0.1) is 11.8 Å². The average molecular weight is 597 g/mol. The number of rotatable bonds is 13. The highest BCUT2D eigenvalue weighted by atomic mass is 35.5. The first-order valence-corrected chi connectivity index (χ1v) is 16.9. The molecule has 0 aliphatic heterocycles. The number of benzene rings is 1. The highest BCUT2D eigenvalue weighted by Crippen LogP contribution is 2.43. The number of thioether (sulfide) groups is 1. The summed E-state index contributed by atoms with van der Waals surface area (Å²) < 4.78 is 40.7. The van der Waals surface area contributed by atoms with Crippen LogP contribution in [0.4, 0.5) is 20.2 Å². The van der Waals surface area contributed by atoms with E-state index in [0.717, 1.165) is 17.8 Å². The SMILES string of the molecule is C[Si](C)(C)CCOCn1ncc(Nc2cnn3cccnc23)c1-c1cc(SCC(=O)O)c(Cl)cc1OC(F)F. The molecule has 0 unspecified atom stereocenters. The zero-order valence-corrected chi connectivity index (χ0v) is 24.0. The second-order valence-electron chi connectivity index (χ2n) is 9.67. The molecule has 0 spiro atoms. The van der Waals surface area contributed by atoms with Gasteiger partial charge in [-0.2, -0.15) is 19.0 Å². The van der Waals surface area contributed by atoms with Crippen molar-refractivity contribution in [2.75, 3.05) is 17.7 Å². The van der Waals surface area contributed by atoms with Crippen LogP contribution in [0.1, 0.15) is 0 Å². The van der Waals surface area contributed by atoms with Gasteiger partial charge < -0.3 is 19.9 Å². The summed E-state index contributed by atoms with van der Waals surface area (Å²) in [4.78, 5) is 15.9. The molecule has 0 atom stereocenters. The quantitative estimate of drug-likeness (QED) is 0.108. The Labute approximate surface area is 233 Å². The summed E-state index contributed by atoms with van der Waals surface area (Å²) in [6.07, 6.45) is 6.48. The number of nitrogens with zero attached hydrogens (tertiary/aromatic N) is 5. The number of carboxylic acid groups (broad SMARTS) is 1. The first-order chi connectivity index (χ1) is 18.5. The number of hydrogen-bond acceptors (Lipinski definition) is 8. The molecule has 0 aliphatic carbocycles. The first kappa shape index (κ1) is 28.8. The third-order valence-corrected chi connectivity index (χ3v) is 8.62. The lowest BCUT2D eigenvalue weighted by Gasteiger charge is -2.18. The molecule has 208 valence electrons. The maximum Gasteiger partial charge on any atom is 0.387 e. The molecule has 0 fully saturated rings. The Morgan fingerprint density at radius 3 is 2.72 bits per heavy atom. The summed E-state index contributed by atoms with van der Waals surface area (Å²) in [5.41, 5.74) is 2.15. The van der Waals surface area contributed by atoms with Gasteiger partial charge in [0.05, 0.1) is 34.6 Å². The number of aromatic nitrogens is 5. The number of alkyl halides is 2. The Bertz CT molecular complexity index is 1460. The van der Waals surface area contributed by atoms with Crippen LogP contribution in [0.25, 0.3) is 16.9 Å². The lowest BCUT2D eigenvalue weighted by molar-refractivity contribution is -0.133. The summed E-state index contributed by atoms with van der Waals surface area (Å²) in [5, 5.41) is 21.2. The van der Waals surface area contributed by atoms with Crippen molar-refractivity contribution in [1.82, 2.24) is 24.4 Å². The van der Waals surface area contributed by atoms with Gasteiger partial charge >= 0.3 is 12.6 Å². The van der Waals surface area contributed by atoms with Crippen molar-refractivity contribution in [2.24, 2.45) is 0 Å². The van der Waals surface area contributed by atoms with Gasteiger partial charge in [-0.05, 0) is 18.2 Å². The molecule has 2 N–H and O–H groups in total. The molecule has 4 rings (SSSR count). The van der Waals surface area contributed by atoms with E-state index in [9.17, 15) is 13.6 Å². The van der Waals surface area contributed by atoms with E-state index in [2.05, 4.69) is 40.1 Å². The van der Waals surface area contributed by atoms with Crippen LogP contribution in [0.3, 0.4) is 0 Å². The molecule has 10 nitrogen and oxygen atoms in total. The molecular weight excluding hydrogens is 570 g/mol. The van der Waals surface area contributed by atoms with Crippen LogP contribution >= 0.6 is 23.4 Å². The molecule has 0 radical (unpaired) electrons. The number of nitrogens with one attached hydrogen (secondary N) is 1. The predicted octanol–water partition coefficient (Wildman–Crippen LogP) is 6.08. The third-order valence-electron chi connectivity index (χ3n) is 5.45. The molecule has 15 heteroatoms. The van der Waals surface area contributed by atoms with Crippen LogP contribution in [0.2, 0.25) is 30.7 Å². The van der Waals surface area contributed by atoms with Crippen molar-refractivity contribution >= 4 is 54.4 Å². The minimum atomic E-state index is -3.12. The number of ether oxygens (including phenoxy) is 2. The van der Waals surface area contributed by atoms with E-state index < -0.39 is 20.7 Å². The van der Waals surface area contributed by atoms with Gasteiger partial charge in [0, 0.05) is 43.6 Å². The Kier molecular flexibility index (Phi) is 9.10. The van der Waals surface area contributed by atoms with E-state index in [-0.39, 0.29) is 28.8 Å². The van der Waals surface area contributed by atoms with E-state index >= 15 is 0 Å². The molecule has 39 heavy (non-hydrogen) atoms. The molecule has 0 aliphatic rings. The monoisotopic (exact) mass is 596 g/mol. The molecular formula is C24H27ClF2N6O4SSi. The summed E-state index contributed by atoms with van der Waals surface area (Å²) in [5.74, 6) is -1.51. The Hall–Kier alpha value is -3.20. The van der Waals surface area contributed by atoms with Gasteiger partial charge in [0.15, 0.2) is 5.65 Å². The van der Waals surface area contributed by atoms with Crippen LogP contribution in [-0.2, 0) is 16.3 Å². The van der Waals surface area contributed by atoms with Crippen molar-refractivity contribution in [3.8, 4) is 17.0 Å². The summed E-state index contributed by atoms with van der Waals surface area (Å²) >= 11 is 7.28. The standard InChI is InChI=1S/C24H27ClF2N6O4SSi/c1-39(2,3)8-7-36-14-33-22(17(11-30-33)31-18-12-29-32-6-4-5-28-23(18)32)15-9-20(38-13-21(34)35)16(25)10-19(15)37-24(26)27/h4-6,9-12,24,31H,7-8,13-14H2,1-3H3,(H,34,35). The number of carbonyl (C=O) groups is 1. The third kappa shape index (κ3) is 7.47. The highest BCUT2D eigenvalue weighted by Gasteiger charge is 2.23. The average Bonchev–Trinajstić information content (AvgIpc) is 3.45. The van der Waals surface area contributed by atoms with Crippen LogP contribution in [-0.4, -0.2) is 62.5 Å². The molecule has 0 saturated carbocycles. The lowest BCUT2D eigenvalue weighted by Crippen LogP contribution is -2.22. The normalized spacial score (nSPS) is 11.9. The summed E-state index contributed by atoms with van der Waals surface area (Å²) in [6.45, 7) is 4.14. The molecule has 3 heterocycles. The van der Waals surface area contributed by atoms with Gasteiger partial charge in [-0.1, -0.05) is 31.2 Å². The van der Waals surface area contributed by atoms with Gasteiger partial charge in [-0.3, -0.25) is 4.79 Å². The van der Waals surface area contributed by atoms with Gasteiger partial charge in [0.1, 0.15) is 18.2 Å². The molecule has 3 aromatic heterocycles. The van der Waals surface area contributed by atoms with E-state index in [4.69, 9.17) is 26.2 Å². The van der Waals surface area contributed by atoms with Gasteiger partial charge in [-0.25, -0.2) is 14.2 Å². The number of hydrogen-bond donors (Lipinski definition) is 2. The van der Waals surface area contributed by atoms with Crippen molar-refractivity contribution in [1.29, 1.82) is 0 Å². The zero-order chi connectivity index (χ0) is 28.2. The Morgan fingerprint density at radius 1 is 1.23 bits per heavy atom. The zero-order valence-electron chi connectivity index (χ0n) is 21.4. The number of anilines is 2. The minimum Gasteiger partial charge on any atom is -0.481 e. The Balaban J connectivity index is 1.79. The van der Waals surface area contributed by atoms with Crippen LogP contribution in [0.15, 0.2) is 47.9 Å². The smallest absolute Gasteiger partial charge is 0.387 e. The maximum absolute atomic E-state index is 13.4. The van der Waals surface area contributed by atoms with Crippen molar-refractivity contribution < 1.29 is 28.2 Å². The summed E-state index contributed by atoms with van der Waals surface area (Å²) in [7, 11) is -1.35. The topological polar surface area (TPSA) is 116 Å². The largest absolute Gasteiger partial charge is 0.481 e. The first-order valence-electron chi connectivity index (χ1n) is 11.8. The van der Waals surface area contributed by atoms with Crippen molar-refractivity contribution in [3.05, 3.63) is 48.0 Å². The van der Waals surface area contributed by atoms with Crippen molar-refractivity contribution in [3.63, 3.8) is 0 Å². The Morgan fingerprint density at radius 2 is 2.00 bits per heavy atom. The van der Waals surface area contributed by atoms with Gasteiger partial charge in [0.25, 0.3) is 0 Å². The maximum atomic E-state index is 13.4. The second kappa shape index (κ2) is 12.3. The van der Waals surface area contributed by atoms with Crippen LogP contribution < -0.4 is 10.1 Å². The highest BCUT2D eigenvalue weighted by molar-refractivity contribution is 8.00. The van der Waals surface area contributed by atoms with Crippen LogP contribution in [0, 0.1) is 0 Å². The molecule has 1 aromatic carbocycles. The fourth-order valence-electron chi connectivity index (χ4n) is 3.61. The molecule has 0 saturated heterocycles. The molecule has 0 bridgehead atoms. The number of fused-ring (bicyclic) bond motifs is 1. The fraction of sp³-hybridized carbons (Fsp3) is 0.333. The molecule has 4 aromatic rings. The van der Waals surface area contributed by atoms with Crippen LogP contribution in [0.5, 0.6) is 5.75 Å². The van der Waals surface area contributed by atoms with E-state index in [1.165, 1.54) is 23.0 Å². The van der Waals surface area contributed by atoms with E-state index in [1.807, 2.05) is 0 Å². The van der Waals surface area contributed by atoms with E-state index in [1.54, 1.807) is 29.2 Å². The summed E-state index contributed by atoms with van der Waals surface area (Å²) in [6, 6.07) is 5.43. The fourth-order valence-corrected chi connectivity index (χ4v) is 5.36. The van der Waals surface area contributed by atoms with E-state index in [0.29, 0.717) is 34.2 Å². The lowest BCUT2D eigenvalue weighted by atomic mass is 10.1. The van der Waals surface area contributed by atoms with Crippen molar-refractivity contribution in [2.45, 2.75) is 43.9 Å². The van der Waals surface area contributed by atoms with Gasteiger partial charge in [0.2, 0.25) is 0 Å². The number of halogens is 3. The minimum absolute atomic E-state index is 0.0445.